The van der Waals surface area contributed by atoms with Crippen LogP contribution < -0.4 is 0 Å². The highest BCUT2D eigenvalue weighted by molar-refractivity contribution is 5.71. The highest BCUT2D eigenvalue weighted by atomic mass is 16.1. The molecule has 1 atom stereocenters. The van der Waals surface area contributed by atoms with Crippen molar-refractivity contribution in [2.45, 2.75) is 19.4 Å². The van der Waals surface area contributed by atoms with Crippen molar-refractivity contribution in [1.29, 1.82) is 0 Å². The molecular formula is C13H14N2O. The summed E-state index contributed by atoms with van der Waals surface area (Å²) in [5.74, 6) is 0. The zero-order valence-corrected chi connectivity index (χ0v) is 9.21. The molecule has 0 amide bonds. The second kappa shape index (κ2) is 4.75. The van der Waals surface area contributed by atoms with E-state index in [2.05, 4.69) is 24.0 Å². The summed E-state index contributed by atoms with van der Waals surface area (Å²) >= 11 is 0. The van der Waals surface area contributed by atoms with Crippen LogP contribution in [0.25, 0.3) is 0 Å². The number of carbonyl (C=O) groups excluding carboxylic acids is 1. The molecule has 16 heavy (non-hydrogen) atoms. The van der Waals surface area contributed by atoms with E-state index in [-0.39, 0.29) is 6.04 Å². The molecule has 0 N–H and O–H groups in total. The third-order valence-corrected chi connectivity index (χ3v) is 2.72. The van der Waals surface area contributed by atoms with E-state index in [1.165, 1.54) is 5.56 Å². The Labute approximate surface area is 94.7 Å². The molecule has 0 aliphatic carbocycles. The summed E-state index contributed by atoms with van der Waals surface area (Å²) < 4.78 is 1.92. The molecule has 2 aromatic rings. The van der Waals surface area contributed by atoms with Crippen molar-refractivity contribution in [2.75, 3.05) is 0 Å². The zero-order valence-electron chi connectivity index (χ0n) is 9.21. The predicted molar refractivity (Wildman–Crippen MR) is 62.5 cm³/mol. The van der Waals surface area contributed by atoms with Crippen molar-refractivity contribution < 1.29 is 4.79 Å². The Hall–Kier alpha value is -1.90. The van der Waals surface area contributed by atoms with Crippen LogP contribution in [0.3, 0.4) is 0 Å². The lowest BCUT2D eigenvalue weighted by molar-refractivity contribution is 0.111. The first-order chi connectivity index (χ1) is 7.86. The summed E-state index contributed by atoms with van der Waals surface area (Å²) in [5.41, 5.74) is 1.82. The smallest absolute Gasteiger partial charge is 0.168 e. The van der Waals surface area contributed by atoms with Gasteiger partial charge in [-0.3, -0.25) is 4.79 Å². The summed E-state index contributed by atoms with van der Waals surface area (Å²) in [5, 5.41) is 0. The lowest BCUT2D eigenvalue weighted by Gasteiger charge is -2.18. The van der Waals surface area contributed by atoms with Crippen LogP contribution in [-0.2, 0) is 0 Å². The Morgan fingerprint density at radius 2 is 2.12 bits per heavy atom. The number of nitrogens with zero attached hydrogens (tertiary/aromatic N) is 2. The maximum atomic E-state index is 10.9. The van der Waals surface area contributed by atoms with Gasteiger partial charge in [0.05, 0.1) is 18.6 Å². The normalized spacial score (nSPS) is 12.3. The van der Waals surface area contributed by atoms with Gasteiger partial charge in [0.1, 0.15) is 5.69 Å². The first kappa shape index (κ1) is 10.6. The van der Waals surface area contributed by atoms with Gasteiger partial charge in [0.25, 0.3) is 0 Å². The lowest BCUT2D eigenvalue weighted by atomic mass is 10.0. The second-order valence-electron chi connectivity index (χ2n) is 3.68. The minimum Gasteiger partial charge on any atom is -0.321 e. The summed E-state index contributed by atoms with van der Waals surface area (Å²) in [4.78, 5) is 14.9. The number of carbonyl (C=O) groups is 1. The van der Waals surface area contributed by atoms with Crippen LogP contribution in [0.5, 0.6) is 0 Å². The number of rotatable bonds is 4. The molecule has 0 spiro atoms. The fourth-order valence-electron chi connectivity index (χ4n) is 1.93. The molecule has 0 radical (unpaired) electrons. The Morgan fingerprint density at radius 3 is 2.75 bits per heavy atom. The topological polar surface area (TPSA) is 34.9 Å². The quantitative estimate of drug-likeness (QED) is 0.733. The van der Waals surface area contributed by atoms with Crippen LogP contribution in [-0.4, -0.2) is 15.8 Å². The van der Waals surface area contributed by atoms with Gasteiger partial charge in [-0.25, -0.2) is 4.98 Å². The van der Waals surface area contributed by atoms with E-state index in [9.17, 15) is 4.79 Å². The SMILES string of the molecule is CCC(c1ccccc1)n1cncc1C=O. The minimum absolute atomic E-state index is 0.184. The molecule has 0 saturated heterocycles. The van der Waals surface area contributed by atoms with Crippen molar-refractivity contribution in [3.05, 3.63) is 54.1 Å². The first-order valence-corrected chi connectivity index (χ1v) is 5.38. The molecule has 0 aliphatic heterocycles. The van der Waals surface area contributed by atoms with E-state index < -0.39 is 0 Å². The standard InChI is InChI=1S/C13H14N2O/c1-2-13(11-6-4-3-5-7-11)15-10-14-8-12(15)9-16/h3-10,13H,2H2,1H3. The lowest BCUT2D eigenvalue weighted by Crippen LogP contribution is -2.11. The minimum atomic E-state index is 0.184. The number of aldehydes is 1. The maximum absolute atomic E-state index is 10.9. The molecule has 1 aromatic heterocycles. The van der Waals surface area contributed by atoms with E-state index in [0.717, 1.165) is 12.7 Å². The summed E-state index contributed by atoms with van der Waals surface area (Å²) in [6, 6.07) is 10.3. The van der Waals surface area contributed by atoms with Gasteiger partial charge in [-0.05, 0) is 12.0 Å². The van der Waals surface area contributed by atoms with E-state index in [1.54, 1.807) is 12.5 Å². The van der Waals surface area contributed by atoms with Crippen molar-refractivity contribution in [2.24, 2.45) is 0 Å². The van der Waals surface area contributed by atoms with Gasteiger partial charge in [0, 0.05) is 0 Å². The second-order valence-corrected chi connectivity index (χ2v) is 3.68. The fraction of sp³-hybridized carbons (Fsp3) is 0.231. The highest BCUT2D eigenvalue weighted by Gasteiger charge is 2.13. The number of benzene rings is 1. The van der Waals surface area contributed by atoms with E-state index in [4.69, 9.17) is 0 Å². The highest BCUT2D eigenvalue weighted by Crippen LogP contribution is 2.22. The Kier molecular flexibility index (Phi) is 3.15. The summed E-state index contributed by atoms with van der Waals surface area (Å²) in [7, 11) is 0. The average molecular weight is 214 g/mol. The molecule has 0 aliphatic rings. The van der Waals surface area contributed by atoms with Gasteiger partial charge >= 0.3 is 0 Å². The number of aromatic nitrogens is 2. The summed E-state index contributed by atoms with van der Waals surface area (Å²) in [6.45, 7) is 2.10. The molecule has 3 nitrogen and oxygen atoms in total. The Balaban J connectivity index is 2.40. The number of imidazole rings is 1. The number of hydrogen-bond acceptors (Lipinski definition) is 2. The Morgan fingerprint density at radius 1 is 1.38 bits per heavy atom. The molecule has 0 fully saturated rings. The van der Waals surface area contributed by atoms with Crippen molar-refractivity contribution in [3.8, 4) is 0 Å². The molecule has 1 heterocycles. The number of hydrogen-bond donors (Lipinski definition) is 0. The van der Waals surface area contributed by atoms with Crippen molar-refractivity contribution in [3.63, 3.8) is 0 Å². The van der Waals surface area contributed by atoms with Crippen LogP contribution >= 0.6 is 0 Å². The van der Waals surface area contributed by atoms with Gasteiger partial charge in [0.15, 0.2) is 6.29 Å². The van der Waals surface area contributed by atoms with Crippen LogP contribution in [0, 0.1) is 0 Å². The van der Waals surface area contributed by atoms with Gasteiger partial charge in [-0.2, -0.15) is 0 Å². The van der Waals surface area contributed by atoms with E-state index in [0.29, 0.717) is 5.69 Å². The molecule has 1 aromatic carbocycles. The van der Waals surface area contributed by atoms with Crippen LogP contribution in [0.1, 0.15) is 35.4 Å². The Bertz CT molecular complexity index is 462. The third kappa shape index (κ3) is 1.89. The largest absolute Gasteiger partial charge is 0.321 e. The van der Waals surface area contributed by atoms with E-state index in [1.807, 2.05) is 22.8 Å². The monoisotopic (exact) mass is 214 g/mol. The molecule has 2 rings (SSSR count). The van der Waals surface area contributed by atoms with Gasteiger partial charge in [-0.15, -0.1) is 0 Å². The predicted octanol–water partition coefficient (Wildman–Crippen LogP) is 2.70. The van der Waals surface area contributed by atoms with Gasteiger partial charge in [0.2, 0.25) is 0 Å². The van der Waals surface area contributed by atoms with Gasteiger partial charge in [-0.1, -0.05) is 37.3 Å². The fourth-order valence-corrected chi connectivity index (χ4v) is 1.93. The van der Waals surface area contributed by atoms with Crippen LogP contribution in [0.2, 0.25) is 0 Å². The zero-order chi connectivity index (χ0) is 11.4. The molecular weight excluding hydrogens is 200 g/mol. The first-order valence-electron chi connectivity index (χ1n) is 5.38. The molecule has 3 heteroatoms. The molecule has 1 unspecified atom stereocenters. The third-order valence-electron chi connectivity index (χ3n) is 2.72. The van der Waals surface area contributed by atoms with Crippen molar-refractivity contribution in [1.82, 2.24) is 9.55 Å². The van der Waals surface area contributed by atoms with Crippen molar-refractivity contribution >= 4 is 6.29 Å². The van der Waals surface area contributed by atoms with Crippen LogP contribution in [0.4, 0.5) is 0 Å². The van der Waals surface area contributed by atoms with Crippen LogP contribution in [0.15, 0.2) is 42.9 Å². The molecule has 82 valence electrons. The average Bonchev–Trinajstić information content (AvgIpc) is 2.80. The maximum Gasteiger partial charge on any atom is 0.168 e. The molecule has 0 saturated carbocycles. The summed E-state index contributed by atoms with van der Waals surface area (Å²) in [6.07, 6.45) is 5.09. The van der Waals surface area contributed by atoms with E-state index >= 15 is 0 Å². The molecule has 0 bridgehead atoms. The van der Waals surface area contributed by atoms with Gasteiger partial charge < -0.3 is 4.57 Å².